The Labute approximate surface area is 132 Å². The number of amides is 1. The minimum Gasteiger partial charge on any atom is -0.355 e. The molecule has 7 heteroatoms. The van der Waals surface area contributed by atoms with Crippen molar-refractivity contribution in [1.82, 2.24) is 9.97 Å². The SMILES string of the molecule is O=C(Nc1ccc(F)c(F)c1)c1cnc(N2CCCCC2)cn1. The van der Waals surface area contributed by atoms with Crippen LogP contribution in [0.1, 0.15) is 29.8 Å². The van der Waals surface area contributed by atoms with Gasteiger partial charge in [0.15, 0.2) is 11.6 Å². The van der Waals surface area contributed by atoms with Crippen molar-refractivity contribution in [2.45, 2.75) is 19.3 Å². The number of hydrogen-bond acceptors (Lipinski definition) is 4. The van der Waals surface area contributed by atoms with Crippen molar-refractivity contribution < 1.29 is 13.6 Å². The Kier molecular flexibility index (Phi) is 4.45. The molecular weight excluding hydrogens is 302 g/mol. The van der Waals surface area contributed by atoms with Gasteiger partial charge in [-0.3, -0.25) is 4.79 Å². The van der Waals surface area contributed by atoms with Crippen LogP contribution in [0.15, 0.2) is 30.6 Å². The van der Waals surface area contributed by atoms with E-state index < -0.39 is 17.5 Å². The normalized spacial score (nSPS) is 14.6. The monoisotopic (exact) mass is 318 g/mol. The van der Waals surface area contributed by atoms with Crippen LogP contribution in [0.25, 0.3) is 0 Å². The number of rotatable bonds is 3. The van der Waals surface area contributed by atoms with Crippen molar-refractivity contribution in [1.29, 1.82) is 0 Å². The zero-order valence-corrected chi connectivity index (χ0v) is 12.4. The highest BCUT2D eigenvalue weighted by Gasteiger charge is 2.14. The lowest BCUT2D eigenvalue weighted by atomic mass is 10.1. The van der Waals surface area contributed by atoms with E-state index in [9.17, 15) is 13.6 Å². The molecule has 3 rings (SSSR count). The molecule has 1 aliphatic rings. The van der Waals surface area contributed by atoms with E-state index in [1.54, 1.807) is 6.20 Å². The molecule has 5 nitrogen and oxygen atoms in total. The van der Waals surface area contributed by atoms with Crippen molar-refractivity contribution in [3.63, 3.8) is 0 Å². The molecule has 1 aromatic heterocycles. The van der Waals surface area contributed by atoms with E-state index in [1.165, 1.54) is 18.7 Å². The second-order valence-electron chi connectivity index (χ2n) is 5.39. The van der Waals surface area contributed by atoms with Gasteiger partial charge >= 0.3 is 0 Å². The Bertz CT molecular complexity index is 700. The van der Waals surface area contributed by atoms with Gasteiger partial charge in [0.2, 0.25) is 0 Å². The average molecular weight is 318 g/mol. The predicted octanol–water partition coefficient (Wildman–Crippen LogP) is 3.00. The van der Waals surface area contributed by atoms with Gasteiger partial charge in [-0.25, -0.2) is 18.7 Å². The van der Waals surface area contributed by atoms with Crippen molar-refractivity contribution in [2.75, 3.05) is 23.3 Å². The van der Waals surface area contributed by atoms with Crippen LogP contribution in [0.2, 0.25) is 0 Å². The van der Waals surface area contributed by atoms with Crippen molar-refractivity contribution in [3.8, 4) is 0 Å². The molecule has 0 bridgehead atoms. The van der Waals surface area contributed by atoms with Gasteiger partial charge in [-0.05, 0) is 31.4 Å². The third kappa shape index (κ3) is 3.61. The average Bonchev–Trinajstić information content (AvgIpc) is 2.59. The van der Waals surface area contributed by atoms with Crippen molar-refractivity contribution in [2.24, 2.45) is 0 Å². The molecule has 0 unspecified atom stereocenters. The summed E-state index contributed by atoms with van der Waals surface area (Å²) in [6.07, 6.45) is 6.42. The standard InChI is InChI=1S/C16H16F2N4O/c17-12-5-4-11(8-13(12)18)21-16(23)14-9-20-15(10-19-14)22-6-2-1-3-7-22/h4-5,8-10H,1-3,6-7H2,(H,21,23). The number of anilines is 2. The number of benzene rings is 1. The van der Waals surface area contributed by atoms with Gasteiger partial charge in [-0.1, -0.05) is 0 Å². The van der Waals surface area contributed by atoms with Gasteiger partial charge in [0.1, 0.15) is 11.5 Å². The van der Waals surface area contributed by atoms with E-state index >= 15 is 0 Å². The minimum atomic E-state index is -1.02. The van der Waals surface area contributed by atoms with E-state index in [0.29, 0.717) is 0 Å². The van der Waals surface area contributed by atoms with Gasteiger partial charge < -0.3 is 10.2 Å². The van der Waals surface area contributed by atoms with Gasteiger partial charge in [-0.2, -0.15) is 0 Å². The largest absolute Gasteiger partial charge is 0.355 e. The Morgan fingerprint density at radius 1 is 1.04 bits per heavy atom. The van der Waals surface area contributed by atoms with Gasteiger partial charge in [-0.15, -0.1) is 0 Å². The van der Waals surface area contributed by atoms with Crippen molar-refractivity contribution in [3.05, 3.63) is 47.9 Å². The maximum Gasteiger partial charge on any atom is 0.275 e. The summed E-state index contributed by atoms with van der Waals surface area (Å²) < 4.78 is 26.0. The topological polar surface area (TPSA) is 58.1 Å². The van der Waals surface area contributed by atoms with Crippen LogP contribution >= 0.6 is 0 Å². The fourth-order valence-corrected chi connectivity index (χ4v) is 2.49. The van der Waals surface area contributed by atoms with Crippen LogP contribution in [0.3, 0.4) is 0 Å². The molecule has 0 atom stereocenters. The summed E-state index contributed by atoms with van der Waals surface area (Å²) in [4.78, 5) is 22.6. The van der Waals surface area contributed by atoms with Crippen molar-refractivity contribution >= 4 is 17.4 Å². The highest BCUT2D eigenvalue weighted by Crippen LogP contribution is 2.17. The van der Waals surface area contributed by atoms with Crippen LogP contribution in [-0.4, -0.2) is 29.0 Å². The third-order valence-corrected chi connectivity index (χ3v) is 3.73. The molecule has 120 valence electrons. The zero-order chi connectivity index (χ0) is 16.2. The van der Waals surface area contributed by atoms with E-state index in [-0.39, 0.29) is 11.4 Å². The summed E-state index contributed by atoms with van der Waals surface area (Å²) in [7, 11) is 0. The number of carbonyl (C=O) groups excluding carboxylic acids is 1. The first-order valence-electron chi connectivity index (χ1n) is 7.47. The fourth-order valence-electron chi connectivity index (χ4n) is 2.49. The summed E-state index contributed by atoms with van der Waals surface area (Å²) in [6.45, 7) is 1.88. The predicted molar refractivity (Wildman–Crippen MR) is 82.4 cm³/mol. The summed E-state index contributed by atoms with van der Waals surface area (Å²) in [6, 6.07) is 3.16. The number of hydrogen-bond donors (Lipinski definition) is 1. The molecule has 1 fully saturated rings. The molecular formula is C16H16F2N4O. The molecule has 0 radical (unpaired) electrons. The van der Waals surface area contributed by atoms with Crippen LogP contribution < -0.4 is 10.2 Å². The summed E-state index contributed by atoms with van der Waals surface area (Å²) >= 11 is 0. The Morgan fingerprint density at radius 3 is 2.48 bits per heavy atom. The number of aromatic nitrogens is 2. The van der Waals surface area contributed by atoms with Crippen LogP contribution in [0.4, 0.5) is 20.3 Å². The lowest BCUT2D eigenvalue weighted by Crippen LogP contribution is -2.30. The third-order valence-electron chi connectivity index (χ3n) is 3.73. The minimum absolute atomic E-state index is 0.121. The molecule has 23 heavy (non-hydrogen) atoms. The highest BCUT2D eigenvalue weighted by atomic mass is 19.2. The zero-order valence-electron chi connectivity index (χ0n) is 12.4. The van der Waals surface area contributed by atoms with Gasteiger partial charge in [0.05, 0.1) is 12.4 Å². The number of nitrogens with zero attached hydrogens (tertiary/aromatic N) is 3. The molecule has 2 heterocycles. The number of nitrogens with one attached hydrogen (secondary N) is 1. The van der Waals surface area contributed by atoms with E-state index in [0.717, 1.165) is 43.9 Å². The summed E-state index contributed by atoms with van der Waals surface area (Å²) in [5.41, 5.74) is 0.284. The molecule has 0 aliphatic carbocycles. The first-order chi connectivity index (χ1) is 11.1. The van der Waals surface area contributed by atoms with E-state index in [4.69, 9.17) is 0 Å². The number of halogens is 2. The van der Waals surface area contributed by atoms with E-state index in [2.05, 4.69) is 20.2 Å². The Morgan fingerprint density at radius 2 is 1.83 bits per heavy atom. The fraction of sp³-hybridized carbons (Fsp3) is 0.312. The first-order valence-corrected chi connectivity index (χ1v) is 7.47. The van der Waals surface area contributed by atoms with Gasteiger partial charge in [0.25, 0.3) is 5.91 Å². The molecule has 2 aromatic rings. The summed E-state index contributed by atoms with van der Waals surface area (Å²) in [5.74, 6) is -1.76. The van der Waals surface area contributed by atoms with Gasteiger partial charge in [0, 0.05) is 24.8 Å². The van der Waals surface area contributed by atoms with Crippen LogP contribution in [0, 0.1) is 11.6 Å². The maximum atomic E-state index is 13.1. The molecule has 1 amide bonds. The smallest absolute Gasteiger partial charge is 0.275 e. The van der Waals surface area contributed by atoms with Crippen LogP contribution in [-0.2, 0) is 0 Å². The maximum absolute atomic E-state index is 13.1. The van der Waals surface area contributed by atoms with Crippen LogP contribution in [0.5, 0.6) is 0 Å². The quantitative estimate of drug-likeness (QED) is 0.945. The number of piperidine rings is 1. The molecule has 1 aliphatic heterocycles. The second-order valence-corrected chi connectivity index (χ2v) is 5.39. The molecule has 1 saturated heterocycles. The summed E-state index contributed by atoms with van der Waals surface area (Å²) in [5, 5.41) is 2.46. The second kappa shape index (κ2) is 6.68. The molecule has 1 N–H and O–H groups in total. The Balaban J connectivity index is 1.68. The van der Waals surface area contributed by atoms with E-state index in [1.807, 2.05) is 0 Å². The molecule has 0 saturated carbocycles. The lowest BCUT2D eigenvalue weighted by Gasteiger charge is -2.27. The molecule has 0 spiro atoms. The highest BCUT2D eigenvalue weighted by molar-refractivity contribution is 6.02. The molecule has 1 aromatic carbocycles. The lowest BCUT2D eigenvalue weighted by molar-refractivity contribution is 0.102. The Hall–Kier alpha value is -2.57. The number of carbonyl (C=O) groups is 1. The first kappa shape index (κ1) is 15.3.